The van der Waals surface area contributed by atoms with Gasteiger partial charge in [-0.3, -0.25) is 4.79 Å². The highest BCUT2D eigenvalue weighted by molar-refractivity contribution is 9.10. The van der Waals surface area contributed by atoms with E-state index in [1.54, 1.807) is 25.3 Å². The van der Waals surface area contributed by atoms with Gasteiger partial charge in [-0.1, -0.05) is 22.9 Å². The minimum Gasteiger partial charge on any atom is -0.496 e. The maximum Gasteiger partial charge on any atom is 0.243 e. The molecule has 3 rings (SSSR count). The molecule has 1 saturated heterocycles. The third kappa shape index (κ3) is 5.13. The fourth-order valence-electron chi connectivity index (χ4n) is 4.03. The monoisotopic (exact) mass is 508 g/mol. The lowest BCUT2D eigenvalue weighted by molar-refractivity contribution is -0.120. The number of hydrogen-bond acceptors (Lipinski definition) is 4. The molecule has 1 amide bonds. The summed E-state index contributed by atoms with van der Waals surface area (Å²) in [5.41, 5.74) is 3.61. The summed E-state index contributed by atoms with van der Waals surface area (Å²) in [4.78, 5) is 13.3. The molecule has 0 spiro atoms. The largest absolute Gasteiger partial charge is 0.496 e. The molecule has 1 aliphatic rings. The molecule has 31 heavy (non-hydrogen) atoms. The van der Waals surface area contributed by atoms with E-state index < -0.39 is 15.9 Å². The van der Waals surface area contributed by atoms with Gasteiger partial charge in [0.2, 0.25) is 15.9 Å². The second-order valence-electron chi connectivity index (χ2n) is 7.93. The van der Waals surface area contributed by atoms with Gasteiger partial charge in [0, 0.05) is 23.2 Å². The van der Waals surface area contributed by atoms with Gasteiger partial charge in [-0.05, 0) is 80.1 Å². The van der Waals surface area contributed by atoms with Crippen molar-refractivity contribution in [2.45, 2.75) is 44.9 Å². The SMILES string of the molecule is CCc1cc(Br)cc(C)c1NC(=O)[C@@H]1CCCN(S(=O)(=O)c2ccc(OC)c(C)c2)C1. The first kappa shape index (κ1) is 23.8. The number of nitrogens with zero attached hydrogens (tertiary/aromatic N) is 1. The van der Waals surface area contributed by atoms with E-state index in [0.717, 1.165) is 33.3 Å². The van der Waals surface area contributed by atoms with Crippen molar-refractivity contribution in [3.05, 3.63) is 51.5 Å². The molecule has 6 nitrogen and oxygen atoms in total. The van der Waals surface area contributed by atoms with E-state index >= 15 is 0 Å². The smallest absolute Gasteiger partial charge is 0.243 e. The average molecular weight is 509 g/mol. The van der Waals surface area contributed by atoms with Crippen LogP contribution in [0.4, 0.5) is 5.69 Å². The van der Waals surface area contributed by atoms with Crippen LogP contribution in [0.25, 0.3) is 0 Å². The van der Waals surface area contributed by atoms with Crippen molar-refractivity contribution in [1.82, 2.24) is 4.31 Å². The maximum absolute atomic E-state index is 13.2. The number of piperidine rings is 1. The van der Waals surface area contributed by atoms with E-state index in [1.165, 1.54) is 4.31 Å². The molecule has 0 unspecified atom stereocenters. The molecule has 0 radical (unpaired) electrons. The van der Waals surface area contributed by atoms with Gasteiger partial charge in [-0.25, -0.2) is 8.42 Å². The summed E-state index contributed by atoms with van der Waals surface area (Å²) in [5, 5.41) is 3.06. The molecule has 1 aliphatic heterocycles. The van der Waals surface area contributed by atoms with Crippen LogP contribution in [0.15, 0.2) is 39.7 Å². The number of nitrogens with one attached hydrogen (secondary N) is 1. The molecule has 1 fully saturated rings. The summed E-state index contributed by atoms with van der Waals surface area (Å²) in [6.45, 7) is 6.41. The maximum atomic E-state index is 13.2. The molecule has 0 bridgehead atoms. The highest BCUT2D eigenvalue weighted by Crippen LogP contribution is 2.30. The number of ether oxygens (including phenoxy) is 1. The number of methoxy groups -OCH3 is 1. The van der Waals surface area contributed by atoms with Gasteiger partial charge >= 0.3 is 0 Å². The summed E-state index contributed by atoms with van der Waals surface area (Å²) in [5.74, 6) is 0.119. The Kier molecular flexibility index (Phi) is 7.44. The Bertz CT molecular complexity index is 1090. The van der Waals surface area contributed by atoms with Gasteiger partial charge in [-0.15, -0.1) is 0 Å². The standard InChI is InChI=1S/C23H29BrN2O4S/c1-5-17-13-19(24)11-16(3)22(17)25-23(27)18-7-6-10-26(14-18)31(28,29)20-8-9-21(30-4)15(2)12-20/h8-9,11-13,18H,5-7,10,14H2,1-4H3,(H,25,27)/t18-/m1/s1. The molecule has 2 aromatic rings. The van der Waals surface area contributed by atoms with Crippen LogP contribution in [0.5, 0.6) is 5.75 Å². The Balaban J connectivity index is 1.79. The topological polar surface area (TPSA) is 75.7 Å². The minimum atomic E-state index is -3.68. The van der Waals surface area contributed by atoms with Crippen molar-refractivity contribution >= 4 is 37.5 Å². The molecule has 1 heterocycles. The molecule has 1 N–H and O–H groups in total. The first-order valence-electron chi connectivity index (χ1n) is 10.4. The number of anilines is 1. The number of sulfonamides is 1. The summed E-state index contributed by atoms with van der Waals surface area (Å²) in [6, 6.07) is 8.82. The zero-order valence-electron chi connectivity index (χ0n) is 18.4. The van der Waals surface area contributed by atoms with Crippen LogP contribution in [0.2, 0.25) is 0 Å². The molecule has 168 valence electrons. The highest BCUT2D eigenvalue weighted by atomic mass is 79.9. The Hall–Kier alpha value is -1.90. The van der Waals surface area contributed by atoms with E-state index in [-0.39, 0.29) is 17.3 Å². The van der Waals surface area contributed by atoms with Crippen LogP contribution in [-0.4, -0.2) is 38.8 Å². The number of amides is 1. The van der Waals surface area contributed by atoms with Gasteiger partial charge in [0.1, 0.15) is 5.75 Å². The third-order valence-electron chi connectivity index (χ3n) is 5.77. The lowest BCUT2D eigenvalue weighted by atomic mass is 9.98. The fraction of sp³-hybridized carbons (Fsp3) is 0.435. The predicted octanol–water partition coefficient (Wildman–Crippen LogP) is 4.68. The molecule has 8 heteroatoms. The van der Waals surface area contributed by atoms with Gasteiger partial charge in [0.05, 0.1) is 17.9 Å². The van der Waals surface area contributed by atoms with Crippen molar-refractivity contribution in [2.75, 3.05) is 25.5 Å². The van der Waals surface area contributed by atoms with Gasteiger partial charge in [0.25, 0.3) is 0 Å². The summed E-state index contributed by atoms with van der Waals surface area (Å²) >= 11 is 3.50. The molecule has 1 atom stereocenters. The van der Waals surface area contributed by atoms with Crippen molar-refractivity contribution in [1.29, 1.82) is 0 Å². The van der Waals surface area contributed by atoms with Crippen molar-refractivity contribution in [2.24, 2.45) is 5.92 Å². The zero-order chi connectivity index (χ0) is 22.8. The van der Waals surface area contributed by atoms with Crippen molar-refractivity contribution in [3.8, 4) is 5.75 Å². The molecular weight excluding hydrogens is 480 g/mol. The van der Waals surface area contributed by atoms with E-state index in [2.05, 4.69) is 21.2 Å². The zero-order valence-corrected chi connectivity index (χ0v) is 20.8. The second-order valence-corrected chi connectivity index (χ2v) is 10.8. The number of carbonyl (C=O) groups is 1. The van der Waals surface area contributed by atoms with Crippen molar-refractivity contribution in [3.63, 3.8) is 0 Å². The van der Waals surface area contributed by atoms with Crippen LogP contribution in [0.1, 0.15) is 36.5 Å². The van der Waals surface area contributed by atoms with Crippen LogP contribution >= 0.6 is 15.9 Å². The molecule has 0 aliphatic carbocycles. The second kappa shape index (κ2) is 9.71. The normalized spacial score (nSPS) is 17.4. The Morgan fingerprint density at radius 3 is 2.61 bits per heavy atom. The number of aryl methyl sites for hydroxylation is 3. The van der Waals surface area contributed by atoms with E-state index in [1.807, 2.05) is 32.9 Å². The number of halogens is 1. The number of rotatable bonds is 6. The van der Waals surface area contributed by atoms with Crippen molar-refractivity contribution < 1.29 is 17.9 Å². The van der Waals surface area contributed by atoms with Gasteiger partial charge < -0.3 is 10.1 Å². The van der Waals surface area contributed by atoms with Crippen LogP contribution in [-0.2, 0) is 21.2 Å². The minimum absolute atomic E-state index is 0.133. The van der Waals surface area contributed by atoms with Crippen LogP contribution in [0.3, 0.4) is 0 Å². The number of benzene rings is 2. The van der Waals surface area contributed by atoms with E-state index in [4.69, 9.17) is 4.74 Å². The Morgan fingerprint density at radius 1 is 1.23 bits per heavy atom. The number of carbonyl (C=O) groups excluding carboxylic acids is 1. The van der Waals surface area contributed by atoms with Gasteiger partial charge in [0.15, 0.2) is 0 Å². The highest BCUT2D eigenvalue weighted by Gasteiger charge is 2.34. The Morgan fingerprint density at radius 2 is 1.97 bits per heavy atom. The first-order valence-corrected chi connectivity index (χ1v) is 12.6. The van der Waals surface area contributed by atoms with E-state index in [0.29, 0.717) is 25.1 Å². The first-order chi connectivity index (χ1) is 14.7. The van der Waals surface area contributed by atoms with Crippen LogP contribution in [0, 0.1) is 19.8 Å². The lowest BCUT2D eigenvalue weighted by Crippen LogP contribution is -2.43. The van der Waals surface area contributed by atoms with Gasteiger partial charge in [-0.2, -0.15) is 4.31 Å². The summed E-state index contributed by atoms with van der Waals surface area (Å²) < 4.78 is 34.1. The quantitative estimate of drug-likeness (QED) is 0.614. The summed E-state index contributed by atoms with van der Waals surface area (Å²) in [7, 11) is -2.13. The molecular formula is C23H29BrN2O4S. The molecule has 0 saturated carbocycles. The lowest BCUT2D eigenvalue weighted by Gasteiger charge is -2.31. The number of hydrogen-bond donors (Lipinski definition) is 1. The van der Waals surface area contributed by atoms with E-state index in [9.17, 15) is 13.2 Å². The third-order valence-corrected chi connectivity index (χ3v) is 8.09. The predicted molar refractivity (Wildman–Crippen MR) is 126 cm³/mol. The summed E-state index contributed by atoms with van der Waals surface area (Å²) in [6.07, 6.45) is 2.10. The molecule has 0 aromatic heterocycles. The van der Waals surface area contributed by atoms with Crippen LogP contribution < -0.4 is 10.1 Å². The average Bonchev–Trinajstić information content (AvgIpc) is 2.75. The Labute approximate surface area is 193 Å². The molecule has 2 aromatic carbocycles. The fourth-order valence-corrected chi connectivity index (χ4v) is 6.26.